The Kier molecular flexibility index (Phi) is 3.92. The van der Waals surface area contributed by atoms with Gasteiger partial charge in [0.25, 0.3) is 0 Å². The van der Waals surface area contributed by atoms with Gasteiger partial charge in [0.2, 0.25) is 0 Å². The van der Waals surface area contributed by atoms with Gasteiger partial charge in [-0.2, -0.15) is 0 Å². The molecule has 0 bridgehead atoms. The average Bonchev–Trinajstić information content (AvgIpc) is 2.82. The van der Waals surface area contributed by atoms with Crippen LogP contribution in [0.2, 0.25) is 10.0 Å². The maximum absolute atomic E-state index is 6.31. The quantitative estimate of drug-likeness (QED) is 0.622. The van der Waals surface area contributed by atoms with Crippen molar-refractivity contribution in [3.8, 4) is 0 Å². The predicted octanol–water partition coefficient (Wildman–Crippen LogP) is 5.51. The lowest BCUT2D eigenvalue weighted by Crippen LogP contribution is -2.07. The minimum Gasteiger partial charge on any atom is -0.323 e. The highest BCUT2D eigenvalue weighted by atomic mass is 35.5. The predicted molar refractivity (Wildman–Crippen MR) is 89.4 cm³/mol. The van der Waals surface area contributed by atoms with Crippen LogP contribution in [-0.4, -0.2) is 9.55 Å². The molecule has 2 nitrogen and oxygen atoms in total. The Balaban J connectivity index is 2.17. The van der Waals surface area contributed by atoms with Crippen LogP contribution < -0.4 is 0 Å². The summed E-state index contributed by atoms with van der Waals surface area (Å²) in [4.78, 5) is 4.74. The molecule has 4 heteroatoms. The fourth-order valence-corrected chi connectivity index (χ4v) is 3.06. The number of halogens is 2. The maximum Gasteiger partial charge on any atom is 0.112 e. The van der Waals surface area contributed by atoms with Gasteiger partial charge in [0.15, 0.2) is 0 Å². The van der Waals surface area contributed by atoms with Crippen LogP contribution in [0.4, 0.5) is 0 Å². The number of para-hydroxylation sites is 2. The molecule has 0 saturated carbocycles. The Bertz CT molecular complexity index is 770. The van der Waals surface area contributed by atoms with Gasteiger partial charge >= 0.3 is 0 Å². The third kappa shape index (κ3) is 2.66. The van der Waals surface area contributed by atoms with Gasteiger partial charge in [-0.15, -0.1) is 0 Å². The number of hydrogen-bond donors (Lipinski definition) is 0. The summed E-state index contributed by atoms with van der Waals surface area (Å²) in [7, 11) is 0. The number of nitrogens with zero attached hydrogens (tertiary/aromatic N) is 2. The van der Waals surface area contributed by atoms with Crippen LogP contribution in [0.5, 0.6) is 0 Å². The van der Waals surface area contributed by atoms with Crippen molar-refractivity contribution in [1.82, 2.24) is 9.55 Å². The molecule has 0 aliphatic rings. The number of benzene rings is 2. The van der Waals surface area contributed by atoms with E-state index in [1.807, 2.05) is 36.4 Å². The van der Waals surface area contributed by atoms with E-state index >= 15 is 0 Å². The van der Waals surface area contributed by atoms with E-state index in [9.17, 15) is 0 Å². The molecule has 0 N–H and O–H groups in total. The van der Waals surface area contributed by atoms with Crippen molar-refractivity contribution in [3.05, 3.63) is 63.9 Å². The van der Waals surface area contributed by atoms with Crippen molar-refractivity contribution in [2.24, 2.45) is 0 Å². The highest BCUT2D eigenvalue weighted by Crippen LogP contribution is 2.29. The van der Waals surface area contributed by atoms with Crippen molar-refractivity contribution < 1.29 is 0 Å². The molecule has 0 radical (unpaired) electrons. The third-order valence-electron chi connectivity index (χ3n) is 3.58. The fourth-order valence-electron chi connectivity index (χ4n) is 2.54. The molecule has 2 aromatic carbocycles. The normalized spacial score (nSPS) is 11.5. The van der Waals surface area contributed by atoms with Gasteiger partial charge in [0, 0.05) is 21.5 Å². The fraction of sp³-hybridized carbons (Fsp3) is 0.235. The zero-order valence-electron chi connectivity index (χ0n) is 12.0. The molecular weight excluding hydrogens is 303 g/mol. The summed E-state index contributed by atoms with van der Waals surface area (Å²) in [6.07, 6.45) is 0. The second kappa shape index (κ2) is 5.70. The molecule has 3 aromatic rings. The highest BCUT2D eigenvalue weighted by Gasteiger charge is 2.15. The molecule has 0 unspecified atom stereocenters. The molecular formula is C17H16Cl2N2. The zero-order valence-corrected chi connectivity index (χ0v) is 13.5. The van der Waals surface area contributed by atoms with E-state index < -0.39 is 0 Å². The minimum absolute atomic E-state index is 0.332. The van der Waals surface area contributed by atoms with Crippen molar-refractivity contribution >= 4 is 34.2 Å². The van der Waals surface area contributed by atoms with Gasteiger partial charge in [-0.05, 0) is 24.3 Å². The largest absolute Gasteiger partial charge is 0.323 e. The molecule has 3 rings (SSSR count). The Morgan fingerprint density at radius 2 is 1.67 bits per heavy atom. The first-order chi connectivity index (χ1) is 10.1. The number of aromatic nitrogens is 2. The van der Waals surface area contributed by atoms with Crippen LogP contribution in [0.15, 0.2) is 42.5 Å². The summed E-state index contributed by atoms with van der Waals surface area (Å²) in [5.74, 6) is 1.38. The summed E-state index contributed by atoms with van der Waals surface area (Å²) < 4.78 is 2.20. The topological polar surface area (TPSA) is 17.8 Å². The van der Waals surface area contributed by atoms with E-state index in [1.165, 1.54) is 0 Å². The van der Waals surface area contributed by atoms with E-state index in [2.05, 4.69) is 24.5 Å². The van der Waals surface area contributed by atoms with E-state index in [-0.39, 0.29) is 0 Å². The molecule has 0 atom stereocenters. The second-order valence-electron chi connectivity index (χ2n) is 5.40. The number of imidazole rings is 1. The monoisotopic (exact) mass is 318 g/mol. The Morgan fingerprint density at radius 3 is 2.33 bits per heavy atom. The Labute approximate surface area is 134 Å². The SMILES string of the molecule is CC(C)c1nc2ccccc2n1Cc1c(Cl)cccc1Cl. The van der Waals surface area contributed by atoms with Crippen LogP contribution >= 0.6 is 23.2 Å². The van der Waals surface area contributed by atoms with Gasteiger partial charge < -0.3 is 4.57 Å². The Hall–Kier alpha value is -1.51. The van der Waals surface area contributed by atoms with E-state index in [1.54, 1.807) is 0 Å². The van der Waals surface area contributed by atoms with Crippen molar-refractivity contribution in [2.45, 2.75) is 26.3 Å². The molecule has 1 heterocycles. The third-order valence-corrected chi connectivity index (χ3v) is 4.29. The molecule has 0 aliphatic carbocycles. The molecule has 0 fully saturated rings. The van der Waals surface area contributed by atoms with Crippen LogP contribution in [0.1, 0.15) is 31.2 Å². The van der Waals surface area contributed by atoms with E-state index in [0.717, 1.165) is 22.4 Å². The lowest BCUT2D eigenvalue weighted by molar-refractivity contribution is 0.683. The van der Waals surface area contributed by atoms with Crippen LogP contribution in [0.25, 0.3) is 11.0 Å². The molecule has 0 amide bonds. The van der Waals surface area contributed by atoms with Gasteiger partial charge in [0.05, 0.1) is 17.6 Å². The van der Waals surface area contributed by atoms with E-state index in [0.29, 0.717) is 22.5 Å². The summed E-state index contributed by atoms with van der Waals surface area (Å²) in [6.45, 7) is 4.92. The first-order valence-electron chi connectivity index (χ1n) is 6.96. The van der Waals surface area contributed by atoms with E-state index in [4.69, 9.17) is 28.2 Å². The first-order valence-corrected chi connectivity index (χ1v) is 7.71. The lowest BCUT2D eigenvalue weighted by Gasteiger charge is -2.13. The first kappa shape index (κ1) is 14.4. The highest BCUT2D eigenvalue weighted by molar-refractivity contribution is 6.36. The molecule has 0 aliphatic heterocycles. The standard InChI is InChI=1S/C17H16Cl2N2/c1-11(2)17-20-15-8-3-4-9-16(15)21(17)10-12-13(18)6-5-7-14(12)19/h3-9,11H,10H2,1-2H3. The molecule has 108 valence electrons. The molecule has 1 aromatic heterocycles. The zero-order chi connectivity index (χ0) is 15.0. The van der Waals surface area contributed by atoms with Crippen molar-refractivity contribution in [1.29, 1.82) is 0 Å². The summed E-state index contributed by atoms with van der Waals surface area (Å²) >= 11 is 12.6. The van der Waals surface area contributed by atoms with Crippen LogP contribution in [0, 0.1) is 0 Å². The van der Waals surface area contributed by atoms with Gasteiger partial charge in [-0.1, -0.05) is 55.2 Å². The van der Waals surface area contributed by atoms with Gasteiger partial charge in [-0.25, -0.2) is 4.98 Å². The van der Waals surface area contributed by atoms with Crippen LogP contribution in [-0.2, 0) is 6.54 Å². The number of hydrogen-bond acceptors (Lipinski definition) is 1. The summed E-state index contributed by atoms with van der Waals surface area (Å²) in [5, 5.41) is 1.38. The smallest absolute Gasteiger partial charge is 0.112 e. The average molecular weight is 319 g/mol. The summed E-state index contributed by atoms with van der Waals surface area (Å²) in [5.41, 5.74) is 3.05. The van der Waals surface area contributed by atoms with Gasteiger partial charge in [0.1, 0.15) is 5.82 Å². The number of fused-ring (bicyclic) bond motifs is 1. The number of rotatable bonds is 3. The van der Waals surface area contributed by atoms with Gasteiger partial charge in [-0.3, -0.25) is 0 Å². The molecule has 0 spiro atoms. The molecule has 0 saturated heterocycles. The Morgan fingerprint density at radius 1 is 1.00 bits per heavy atom. The van der Waals surface area contributed by atoms with Crippen LogP contribution in [0.3, 0.4) is 0 Å². The summed E-state index contributed by atoms with van der Waals surface area (Å²) in [6, 6.07) is 13.8. The second-order valence-corrected chi connectivity index (χ2v) is 6.21. The maximum atomic E-state index is 6.31. The van der Waals surface area contributed by atoms with Crippen molar-refractivity contribution in [3.63, 3.8) is 0 Å². The molecule has 21 heavy (non-hydrogen) atoms. The minimum atomic E-state index is 0.332. The van der Waals surface area contributed by atoms with Crippen molar-refractivity contribution in [2.75, 3.05) is 0 Å². The lowest BCUT2D eigenvalue weighted by atomic mass is 10.2.